The van der Waals surface area contributed by atoms with E-state index in [9.17, 15) is 4.79 Å². The first-order valence-electron chi connectivity index (χ1n) is 6.18. The van der Waals surface area contributed by atoms with Crippen LogP contribution in [0.25, 0.3) is 0 Å². The van der Waals surface area contributed by atoms with Crippen molar-refractivity contribution in [1.29, 1.82) is 0 Å². The van der Waals surface area contributed by atoms with Crippen LogP contribution >= 0.6 is 0 Å². The molecule has 1 aromatic rings. The highest BCUT2D eigenvalue weighted by atomic mass is 16.5. The number of nitrogens with zero attached hydrogens (tertiary/aromatic N) is 3. The number of aromatic nitrogens is 2. The summed E-state index contributed by atoms with van der Waals surface area (Å²) in [5.41, 5.74) is 0. The van der Waals surface area contributed by atoms with E-state index in [0.29, 0.717) is 30.6 Å². The maximum Gasteiger partial charge on any atom is 0.320 e. The number of carboxylic acids is 1. The van der Waals surface area contributed by atoms with E-state index in [1.807, 2.05) is 6.92 Å². The molecule has 18 heavy (non-hydrogen) atoms. The molecule has 1 unspecified atom stereocenters. The minimum atomic E-state index is -0.832. The van der Waals surface area contributed by atoms with Crippen LogP contribution in [0, 0.1) is 5.92 Å². The lowest BCUT2D eigenvalue weighted by Crippen LogP contribution is -2.37. The standard InChI is InChI=1S/C12H21N3O3/c1-5-9(12(16)17)15(4)7-11-13-10(14-18-11)6-8(2)3/h8-9H,5-7H2,1-4H3,(H,16,17). The molecule has 6 heteroatoms. The van der Waals surface area contributed by atoms with E-state index < -0.39 is 12.0 Å². The Balaban J connectivity index is 2.61. The maximum absolute atomic E-state index is 11.0. The average Bonchev–Trinajstić information content (AvgIpc) is 2.64. The smallest absolute Gasteiger partial charge is 0.320 e. The number of hydrogen-bond acceptors (Lipinski definition) is 5. The lowest BCUT2D eigenvalue weighted by atomic mass is 10.1. The van der Waals surface area contributed by atoms with Gasteiger partial charge in [0, 0.05) is 6.42 Å². The minimum Gasteiger partial charge on any atom is -0.480 e. The van der Waals surface area contributed by atoms with E-state index in [2.05, 4.69) is 24.0 Å². The molecule has 1 atom stereocenters. The van der Waals surface area contributed by atoms with E-state index in [1.54, 1.807) is 11.9 Å². The molecule has 1 N–H and O–H groups in total. The van der Waals surface area contributed by atoms with Gasteiger partial charge in [0.15, 0.2) is 5.82 Å². The van der Waals surface area contributed by atoms with Crippen molar-refractivity contribution in [3.8, 4) is 0 Å². The first-order chi connectivity index (χ1) is 8.43. The molecule has 0 aliphatic rings. The van der Waals surface area contributed by atoms with Gasteiger partial charge in [-0.05, 0) is 19.4 Å². The molecule has 0 saturated carbocycles. The van der Waals surface area contributed by atoms with Crippen molar-refractivity contribution in [2.45, 2.75) is 46.2 Å². The number of hydrogen-bond donors (Lipinski definition) is 1. The zero-order valence-corrected chi connectivity index (χ0v) is 11.4. The van der Waals surface area contributed by atoms with Gasteiger partial charge < -0.3 is 9.63 Å². The normalized spacial score (nSPS) is 13.2. The molecule has 0 aliphatic heterocycles. The van der Waals surface area contributed by atoms with Gasteiger partial charge in [0.2, 0.25) is 5.89 Å². The van der Waals surface area contributed by atoms with Gasteiger partial charge in [0.05, 0.1) is 6.54 Å². The maximum atomic E-state index is 11.0. The zero-order chi connectivity index (χ0) is 13.7. The summed E-state index contributed by atoms with van der Waals surface area (Å²) in [6, 6.07) is -0.523. The van der Waals surface area contributed by atoms with Crippen molar-refractivity contribution in [1.82, 2.24) is 15.0 Å². The minimum absolute atomic E-state index is 0.357. The Morgan fingerprint density at radius 1 is 1.50 bits per heavy atom. The molecule has 0 amide bonds. The Morgan fingerprint density at radius 3 is 2.67 bits per heavy atom. The number of carboxylic acid groups (broad SMARTS) is 1. The fourth-order valence-electron chi connectivity index (χ4n) is 1.80. The van der Waals surface area contributed by atoms with Crippen LogP contribution in [0.5, 0.6) is 0 Å². The van der Waals surface area contributed by atoms with Crippen molar-refractivity contribution in [3.63, 3.8) is 0 Å². The average molecular weight is 255 g/mol. The first kappa shape index (κ1) is 14.6. The molecule has 6 nitrogen and oxygen atoms in total. The third kappa shape index (κ3) is 4.10. The van der Waals surface area contributed by atoms with Gasteiger partial charge in [-0.1, -0.05) is 25.9 Å². The van der Waals surface area contributed by atoms with Crippen LogP contribution in [0.4, 0.5) is 0 Å². The second-order valence-corrected chi connectivity index (χ2v) is 4.88. The number of aliphatic carboxylic acids is 1. The molecule has 0 saturated heterocycles. The predicted molar refractivity (Wildman–Crippen MR) is 66.0 cm³/mol. The van der Waals surface area contributed by atoms with Crippen molar-refractivity contribution < 1.29 is 14.4 Å². The fourth-order valence-corrected chi connectivity index (χ4v) is 1.80. The van der Waals surface area contributed by atoms with Gasteiger partial charge in [-0.25, -0.2) is 0 Å². The van der Waals surface area contributed by atoms with Crippen molar-refractivity contribution in [2.75, 3.05) is 7.05 Å². The topological polar surface area (TPSA) is 79.5 Å². The van der Waals surface area contributed by atoms with Crippen LogP contribution in [0.1, 0.15) is 38.9 Å². The van der Waals surface area contributed by atoms with Crippen molar-refractivity contribution >= 4 is 5.97 Å². The van der Waals surface area contributed by atoms with Crippen LogP contribution in [0.2, 0.25) is 0 Å². The predicted octanol–water partition coefficient (Wildman–Crippen LogP) is 1.56. The summed E-state index contributed by atoms with van der Waals surface area (Å²) in [5, 5.41) is 12.9. The zero-order valence-electron chi connectivity index (χ0n) is 11.4. The van der Waals surface area contributed by atoms with Crippen LogP contribution < -0.4 is 0 Å². The molecular weight excluding hydrogens is 234 g/mol. The summed E-state index contributed by atoms with van der Waals surface area (Å²) in [6.45, 7) is 6.36. The second kappa shape index (κ2) is 6.49. The van der Waals surface area contributed by atoms with Crippen LogP contribution in [-0.4, -0.2) is 39.2 Å². The molecule has 102 valence electrons. The highest BCUT2D eigenvalue weighted by molar-refractivity contribution is 5.73. The Labute approximate surface area is 107 Å². The third-order valence-corrected chi connectivity index (χ3v) is 2.69. The van der Waals surface area contributed by atoms with Gasteiger partial charge in [-0.3, -0.25) is 9.69 Å². The molecule has 0 radical (unpaired) electrons. The highest BCUT2D eigenvalue weighted by Crippen LogP contribution is 2.09. The van der Waals surface area contributed by atoms with Gasteiger partial charge in [-0.2, -0.15) is 4.98 Å². The van der Waals surface area contributed by atoms with Crippen molar-refractivity contribution in [2.24, 2.45) is 5.92 Å². The summed E-state index contributed by atoms with van der Waals surface area (Å²) in [6.07, 6.45) is 1.31. The molecule has 0 fully saturated rings. The SMILES string of the molecule is CCC(C(=O)O)N(C)Cc1nc(CC(C)C)no1. The van der Waals surface area contributed by atoms with Crippen LogP contribution in [0.3, 0.4) is 0 Å². The van der Waals surface area contributed by atoms with Gasteiger partial charge in [0.1, 0.15) is 6.04 Å². The van der Waals surface area contributed by atoms with E-state index in [4.69, 9.17) is 9.63 Å². The largest absolute Gasteiger partial charge is 0.480 e. The van der Waals surface area contributed by atoms with E-state index in [-0.39, 0.29) is 0 Å². The molecule has 0 aromatic carbocycles. The second-order valence-electron chi connectivity index (χ2n) is 4.88. The summed E-state index contributed by atoms with van der Waals surface area (Å²) >= 11 is 0. The Kier molecular flexibility index (Phi) is 5.27. The quantitative estimate of drug-likeness (QED) is 0.796. The van der Waals surface area contributed by atoms with Gasteiger partial charge in [0.25, 0.3) is 0 Å². The molecule has 1 heterocycles. The molecule has 0 spiro atoms. The summed E-state index contributed by atoms with van der Waals surface area (Å²) in [7, 11) is 1.74. The molecular formula is C12H21N3O3. The summed E-state index contributed by atoms with van der Waals surface area (Å²) in [5.74, 6) is 0.780. The van der Waals surface area contributed by atoms with E-state index >= 15 is 0 Å². The Hall–Kier alpha value is -1.43. The molecule has 1 rings (SSSR count). The first-order valence-corrected chi connectivity index (χ1v) is 6.18. The highest BCUT2D eigenvalue weighted by Gasteiger charge is 2.22. The Morgan fingerprint density at radius 2 is 2.17 bits per heavy atom. The van der Waals surface area contributed by atoms with Crippen LogP contribution in [0.15, 0.2) is 4.52 Å². The third-order valence-electron chi connectivity index (χ3n) is 2.69. The molecule has 0 aliphatic carbocycles. The number of likely N-dealkylation sites (N-methyl/N-ethyl adjacent to an activating group) is 1. The summed E-state index contributed by atoms with van der Waals surface area (Å²) in [4.78, 5) is 17.0. The Bertz CT molecular complexity index is 390. The molecule has 1 aromatic heterocycles. The van der Waals surface area contributed by atoms with Crippen molar-refractivity contribution in [3.05, 3.63) is 11.7 Å². The lowest BCUT2D eigenvalue weighted by Gasteiger charge is -2.21. The lowest BCUT2D eigenvalue weighted by molar-refractivity contribution is -0.143. The van der Waals surface area contributed by atoms with Gasteiger partial charge in [-0.15, -0.1) is 0 Å². The molecule has 0 bridgehead atoms. The summed E-state index contributed by atoms with van der Waals surface area (Å²) < 4.78 is 5.11. The fraction of sp³-hybridized carbons (Fsp3) is 0.750. The van der Waals surface area contributed by atoms with Crippen LogP contribution in [-0.2, 0) is 17.8 Å². The van der Waals surface area contributed by atoms with E-state index in [1.165, 1.54) is 0 Å². The number of rotatable bonds is 7. The monoisotopic (exact) mass is 255 g/mol. The number of carbonyl (C=O) groups is 1. The van der Waals surface area contributed by atoms with Gasteiger partial charge >= 0.3 is 5.97 Å². The van der Waals surface area contributed by atoms with E-state index in [0.717, 1.165) is 6.42 Å².